The van der Waals surface area contributed by atoms with Crippen LogP contribution in [0.15, 0.2) is 0 Å². The minimum atomic E-state index is -2.50. The second-order valence-corrected chi connectivity index (χ2v) is 16.2. The maximum Gasteiger partial charge on any atom is 0.500 e. The Morgan fingerprint density at radius 1 is 0.846 bits per heavy atom. The lowest BCUT2D eigenvalue weighted by Crippen LogP contribution is -2.49. The van der Waals surface area contributed by atoms with Gasteiger partial charge in [0.2, 0.25) is 0 Å². The highest BCUT2D eigenvalue weighted by Crippen LogP contribution is 2.42. The van der Waals surface area contributed by atoms with Gasteiger partial charge in [0.1, 0.15) is 0 Å². The van der Waals surface area contributed by atoms with Gasteiger partial charge < -0.3 is 23.0 Å². The smallest absolute Gasteiger partial charge is 0.500 e. The third-order valence-electron chi connectivity index (χ3n) is 5.27. The molecule has 156 valence electrons. The van der Waals surface area contributed by atoms with Crippen LogP contribution in [0.25, 0.3) is 0 Å². The molecule has 0 amide bonds. The Hall–Kier alpha value is -0.256. The molecule has 0 aliphatic carbocycles. The Bertz CT molecular complexity index is 371. The highest BCUT2D eigenvalue weighted by atomic mass is 28.4. The van der Waals surface area contributed by atoms with Crippen LogP contribution in [0, 0.1) is 0 Å². The highest BCUT2D eigenvalue weighted by molar-refractivity contribution is 6.78. The molecule has 0 aromatic carbocycles. The van der Waals surface area contributed by atoms with Crippen molar-refractivity contribution >= 4 is 23.1 Å². The van der Waals surface area contributed by atoms with Gasteiger partial charge in [-0.05, 0) is 29.6 Å². The first-order chi connectivity index (χ1) is 12.1. The molecular formula is C18H41NO5Si2. The van der Waals surface area contributed by atoms with E-state index in [1.165, 1.54) is 0 Å². The fourth-order valence-corrected chi connectivity index (χ4v) is 10.8. The molecule has 0 bridgehead atoms. The van der Waals surface area contributed by atoms with Gasteiger partial charge in [0.05, 0.1) is 6.42 Å². The molecule has 26 heavy (non-hydrogen) atoms. The Kier molecular flexibility index (Phi) is 12.1. The van der Waals surface area contributed by atoms with Crippen molar-refractivity contribution in [1.82, 2.24) is 5.32 Å². The van der Waals surface area contributed by atoms with Crippen LogP contribution in [0.3, 0.4) is 0 Å². The topological polar surface area (TPSA) is 66.0 Å². The van der Waals surface area contributed by atoms with Crippen LogP contribution in [0.4, 0.5) is 0 Å². The van der Waals surface area contributed by atoms with Crippen LogP contribution in [0.1, 0.15) is 54.4 Å². The predicted octanol–water partition coefficient (Wildman–Crippen LogP) is 3.95. The number of hydrogen-bond acceptors (Lipinski definition) is 6. The molecule has 0 atom stereocenters. The molecule has 0 spiro atoms. The predicted molar refractivity (Wildman–Crippen MR) is 111 cm³/mol. The summed E-state index contributed by atoms with van der Waals surface area (Å²) < 4.78 is 22.3. The first-order valence-electron chi connectivity index (χ1n) is 9.69. The van der Waals surface area contributed by atoms with Crippen LogP contribution in [-0.2, 0) is 22.5 Å². The monoisotopic (exact) mass is 407 g/mol. The van der Waals surface area contributed by atoms with Gasteiger partial charge >= 0.3 is 8.80 Å². The summed E-state index contributed by atoms with van der Waals surface area (Å²) in [6.45, 7) is 14.6. The van der Waals surface area contributed by atoms with E-state index < -0.39 is 17.1 Å². The van der Waals surface area contributed by atoms with Gasteiger partial charge in [-0.2, -0.15) is 0 Å². The second-order valence-electron chi connectivity index (χ2n) is 7.69. The quantitative estimate of drug-likeness (QED) is 0.347. The van der Waals surface area contributed by atoms with Gasteiger partial charge in [-0.1, -0.05) is 41.5 Å². The van der Waals surface area contributed by atoms with E-state index in [0.29, 0.717) is 29.6 Å². The van der Waals surface area contributed by atoms with Gasteiger partial charge in [-0.3, -0.25) is 4.79 Å². The van der Waals surface area contributed by atoms with E-state index in [2.05, 4.69) is 46.9 Å². The average molecular weight is 408 g/mol. The molecule has 0 aliphatic heterocycles. The first kappa shape index (κ1) is 25.7. The Morgan fingerprint density at radius 3 is 1.69 bits per heavy atom. The van der Waals surface area contributed by atoms with Crippen molar-refractivity contribution in [1.29, 1.82) is 0 Å². The summed E-state index contributed by atoms with van der Waals surface area (Å²) in [7, 11) is 0.244. The molecule has 0 aromatic rings. The normalized spacial score (nSPS) is 13.1. The summed E-state index contributed by atoms with van der Waals surface area (Å²) in [6.07, 6.45) is 1.28. The summed E-state index contributed by atoms with van der Waals surface area (Å²) in [5, 5.41) is 3.30. The summed E-state index contributed by atoms with van der Waals surface area (Å²) in [5.74, 6) is -0.0744. The van der Waals surface area contributed by atoms with Crippen LogP contribution in [0.5, 0.6) is 0 Å². The number of carbonyl (C=O) groups excluding carboxylic acids is 1. The van der Waals surface area contributed by atoms with Crippen molar-refractivity contribution in [2.75, 3.05) is 34.4 Å². The highest BCUT2D eigenvalue weighted by Gasteiger charge is 2.48. The molecule has 0 fully saturated rings. The Morgan fingerprint density at radius 2 is 1.31 bits per heavy atom. The Balaban J connectivity index is 4.35. The molecule has 0 radical (unpaired) electrons. The van der Waals surface area contributed by atoms with E-state index in [4.69, 9.17) is 17.7 Å². The molecule has 1 N–H and O–H groups in total. The molecule has 0 saturated carbocycles. The van der Waals surface area contributed by atoms with Gasteiger partial charge in [0, 0.05) is 33.9 Å². The van der Waals surface area contributed by atoms with E-state index >= 15 is 0 Å². The molecule has 8 heteroatoms. The second kappa shape index (κ2) is 12.3. The molecule has 0 rings (SSSR count). The van der Waals surface area contributed by atoms with Crippen LogP contribution >= 0.6 is 0 Å². The molecule has 0 unspecified atom stereocenters. The lowest BCUT2D eigenvalue weighted by atomic mass is 10.4. The number of nitrogens with one attached hydrogen (secondary N) is 1. The Labute approximate surface area is 162 Å². The number of hydrogen-bond donors (Lipinski definition) is 1. The number of rotatable bonds is 14. The van der Waals surface area contributed by atoms with E-state index in [0.717, 1.165) is 19.0 Å². The largest absolute Gasteiger partial charge is 0.518 e. The zero-order valence-corrected chi connectivity index (χ0v) is 20.3. The summed E-state index contributed by atoms with van der Waals surface area (Å²) in [5.41, 5.74) is 1.24. The molecule has 0 heterocycles. The fourth-order valence-electron chi connectivity index (χ4n) is 3.90. The van der Waals surface area contributed by atoms with E-state index in [9.17, 15) is 4.79 Å². The van der Waals surface area contributed by atoms with Gasteiger partial charge in [-0.15, -0.1) is 0 Å². The van der Waals surface area contributed by atoms with E-state index in [1.54, 1.807) is 21.3 Å². The van der Waals surface area contributed by atoms with Crippen molar-refractivity contribution in [2.24, 2.45) is 0 Å². The number of carbonyl (C=O) groups is 1. The first-order valence-corrected chi connectivity index (χ1v) is 13.8. The molecule has 6 nitrogen and oxygen atoms in total. The lowest BCUT2D eigenvalue weighted by Gasteiger charge is -2.41. The summed E-state index contributed by atoms with van der Waals surface area (Å²) >= 11 is 0. The van der Waals surface area contributed by atoms with Crippen LogP contribution < -0.4 is 5.32 Å². The van der Waals surface area contributed by atoms with Crippen molar-refractivity contribution < 1.29 is 22.5 Å². The van der Waals surface area contributed by atoms with Crippen molar-refractivity contribution in [3.05, 3.63) is 0 Å². The molecule has 0 aliphatic rings. The van der Waals surface area contributed by atoms with E-state index in [1.807, 2.05) is 0 Å². The van der Waals surface area contributed by atoms with E-state index in [-0.39, 0.29) is 5.97 Å². The van der Waals surface area contributed by atoms with Crippen LogP contribution in [0.2, 0.25) is 22.7 Å². The third kappa shape index (κ3) is 7.05. The maximum absolute atomic E-state index is 12.4. The average Bonchev–Trinajstić information content (AvgIpc) is 2.58. The van der Waals surface area contributed by atoms with Gasteiger partial charge in [0.25, 0.3) is 14.3 Å². The minimum absolute atomic E-state index is 0.0744. The van der Waals surface area contributed by atoms with Gasteiger partial charge in [-0.25, -0.2) is 0 Å². The minimum Gasteiger partial charge on any atom is -0.518 e. The van der Waals surface area contributed by atoms with Crippen molar-refractivity contribution in [3.63, 3.8) is 0 Å². The third-order valence-corrected chi connectivity index (χ3v) is 14.1. The van der Waals surface area contributed by atoms with Crippen molar-refractivity contribution in [2.45, 2.75) is 77.1 Å². The van der Waals surface area contributed by atoms with Gasteiger partial charge in [0.15, 0.2) is 0 Å². The van der Waals surface area contributed by atoms with Crippen LogP contribution in [-0.4, -0.2) is 57.5 Å². The zero-order chi connectivity index (χ0) is 20.4. The maximum atomic E-state index is 12.4. The SMILES string of the molecule is CO[Si](CCCNCCC(=O)O[Si](C(C)C)(C(C)C)C(C)C)(OC)OC. The fraction of sp³-hybridized carbons (Fsp3) is 0.944. The zero-order valence-electron chi connectivity index (χ0n) is 18.3. The summed E-state index contributed by atoms with van der Waals surface area (Å²) in [6, 6.07) is 0.748. The summed E-state index contributed by atoms with van der Waals surface area (Å²) in [4.78, 5) is 12.4. The molecule has 0 saturated heterocycles. The standard InChI is InChI=1S/C18H41NO5Si2/c1-15(2)26(16(3)4,17(5)6)24-18(20)11-13-19-12-10-14-25(21-7,22-8)23-9/h15-17,19H,10-14H2,1-9H3. The molecule has 0 aromatic heterocycles. The van der Waals surface area contributed by atoms with Crippen molar-refractivity contribution in [3.8, 4) is 0 Å². The lowest BCUT2D eigenvalue weighted by molar-refractivity contribution is -0.135. The molecular weight excluding hydrogens is 366 g/mol.